The van der Waals surface area contributed by atoms with Gasteiger partial charge in [-0.1, -0.05) is 6.92 Å². The van der Waals surface area contributed by atoms with Gasteiger partial charge in [0.25, 0.3) is 5.91 Å². The summed E-state index contributed by atoms with van der Waals surface area (Å²) < 4.78 is 11.2. The molecule has 1 aliphatic heterocycles. The Morgan fingerprint density at radius 1 is 1.24 bits per heavy atom. The maximum Gasteiger partial charge on any atom is 0.322 e. The number of anilines is 2. The number of fused-ring (bicyclic) bond motifs is 1. The second-order valence-corrected chi connectivity index (χ2v) is 8.56. The number of ether oxygens (including phenoxy) is 2. The maximum absolute atomic E-state index is 13.1. The highest BCUT2D eigenvalue weighted by Gasteiger charge is 2.18. The third-order valence-corrected chi connectivity index (χ3v) is 6.02. The highest BCUT2D eigenvalue weighted by atomic mass is 16.5. The second-order valence-electron chi connectivity index (χ2n) is 8.56. The summed E-state index contributed by atoms with van der Waals surface area (Å²) in [5.74, 6) is 0.0307. The second kappa shape index (κ2) is 10.8. The molecule has 0 atom stereocenters. The molecule has 2 aromatic heterocycles. The third kappa shape index (κ3) is 5.63. The summed E-state index contributed by atoms with van der Waals surface area (Å²) in [6.45, 7) is 11.3. The van der Waals surface area contributed by atoms with Gasteiger partial charge in [-0.05, 0) is 44.0 Å². The van der Waals surface area contributed by atoms with E-state index >= 15 is 0 Å². The van der Waals surface area contributed by atoms with Gasteiger partial charge in [-0.25, -0.2) is 0 Å². The highest BCUT2D eigenvalue weighted by Crippen LogP contribution is 2.25. The fourth-order valence-corrected chi connectivity index (χ4v) is 3.93. The summed E-state index contributed by atoms with van der Waals surface area (Å²) in [5, 5.41) is 3.99. The number of hydrogen-bond donors (Lipinski definition) is 2. The van der Waals surface area contributed by atoms with Gasteiger partial charge in [0, 0.05) is 55.5 Å². The number of nitrogens with one attached hydrogen (secondary N) is 2. The topological polar surface area (TPSA) is 108 Å². The van der Waals surface area contributed by atoms with Crippen LogP contribution in [-0.4, -0.2) is 83.8 Å². The van der Waals surface area contributed by atoms with Gasteiger partial charge in [0.1, 0.15) is 6.61 Å². The normalized spacial score (nSPS) is 14.4. The zero-order valence-corrected chi connectivity index (χ0v) is 20.3. The number of carbonyl (C=O) groups is 1. The predicted molar refractivity (Wildman–Crippen MR) is 132 cm³/mol. The molecule has 10 nitrogen and oxygen atoms in total. The van der Waals surface area contributed by atoms with E-state index in [0.29, 0.717) is 18.2 Å². The number of carbonyl (C=O) groups excluding carboxylic acids is 1. The monoisotopic (exact) mass is 467 g/mol. The number of aromatic amines is 1. The first-order chi connectivity index (χ1) is 16.4. The predicted octanol–water partition coefficient (Wildman–Crippen LogP) is 2.78. The summed E-state index contributed by atoms with van der Waals surface area (Å²) >= 11 is 0. The molecule has 0 spiro atoms. The third-order valence-electron chi connectivity index (χ3n) is 6.02. The quantitative estimate of drug-likeness (QED) is 0.495. The van der Waals surface area contributed by atoms with E-state index in [-0.39, 0.29) is 11.8 Å². The Hall–Kier alpha value is -3.24. The van der Waals surface area contributed by atoms with Crippen LogP contribution in [0.4, 0.5) is 11.6 Å². The Kier molecular flexibility index (Phi) is 7.59. The smallest absolute Gasteiger partial charge is 0.322 e. The number of rotatable bonds is 9. The van der Waals surface area contributed by atoms with Gasteiger partial charge >= 0.3 is 6.01 Å². The fourth-order valence-electron chi connectivity index (χ4n) is 3.93. The average molecular weight is 468 g/mol. The molecule has 0 bridgehead atoms. The zero-order valence-electron chi connectivity index (χ0n) is 20.3. The Labute approximate surface area is 199 Å². The van der Waals surface area contributed by atoms with Gasteiger partial charge in [0.2, 0.25) is 11.8 Å². The Morgan fingerprint density at radius 3 is 2.79 bits per heavy atom. The SMILES string of the molecule is CCCN(C)c1nc(OCCN2CCOCC2)nc(C(=O)Nc2ccc3[nH]c(C)c(C)c3c2)n1. The molecule has 1 aliphatic rings. The molecule has 3 aromatic rings. The number of nitrogens with zero attached hydrogens (tertiary/aromatic N) is 5. The molecular weight excluding hydrogens is 434 g/mol. The van der Waals surface area contributed by atoms with Crippen molar-refractivity contribution in [3.8, 4) is 6.01 Å². The van der Waals surface area contributed by atoms with Crippen LogP contribution in [-0.2, 0) is 4.74 Å². The molecule has 0 unspecified atom stereocenters. The van der Waals surface area contributed by atoms with Gasteiger partial charge in [-0.15, -0.1) is 0 Å². The van der Waals surface area contributed by atoms with E-state index in [1.165, 1.54) is 0 Å². The van der Waals surface area contributed by atoms with Crippen LogP contribution in [0.25, 0.3) is 10.9 Å². The minimum atomic E-state index is -0.407. The summed E-state index contributed by atoms with van der Waals surface area (Å²) in [6, 6.07) is 5.93. The van der Waals surface area contributed by atoms with Crippen LogP contribution in [0.3, 0.4) is 0 Å². The van der Waals surface area contributed by atoms with Crippen molar-refractivity contribution in [1.29, 1.82) is 0 Å². The van der Waals surface area contributed by atoms with Crippen molar-refractivity contribution in [2.24, 2.45) is 0 Å². The molecule has 1 fully saturated rings. The maximum atomic E-state index is 13.1. The van der Waals surface area contributed by atoms with Crippen LogP contribution in [0.5, 0.6) is 6.01 Å². The van der Waals surface area contributed by atoms with Crippen LogP contribution in [0.2, 0.25) is 0 Å². The van der Waals surface area contributed by atoms with Crippen molar-refractivity contribution < 1.29 is 14.3 Å². The van der Waals surface area contributed by atoms with Crippen LogP contribution in [0, 0.1) is 13.8 Å². The molecule has 0 saturated carbocycles. The first-order valence-electron chi connectivity index (χ1n) is 11.7. The molecular formula is C24H33N7O3. The lowest BCUT2D eigenvalue weighted by molar-refractivity contribution is 0.0317. The van der Waals surface area contributed by atoms with Crippen molar-refractivity contribution in [3.05, 3.63) is 35.3 Å². The van der Waals surface area contributed by atoms with Crippen LogP contribution >= 0.6 is 0 Å². The molecule has 0 radical (unpaired) electrons. The lowest BCUT2D eigenvalue weighted by Crippen LogP contribution is -2.38. The van der Waals surface area contributed by atoms with E-state index in [2.05, 4.69) is 44.0 Å². The zero-order chi connectivity index (χ0) is 24.1. The molecule has 1 aromatic carbocycles. The molecule has 1 amide bonds. The van der Waals surface area contributed by atoms with Crippen molar-refractivity contribution in [2.45, 2.75) is 27.2 Å². The highest BCUT2D eigenvalue weighted by molar-refractivity contribution is 6.03. The van der Waals surface area contributed by atoms with Crippen molar-refractivity contribution in [1.82, 2.24) is 24.8 Å². The van der Waals surface area contributed by atoms with E-state index in [9.17, 15) is 4.79 Å². The minimum absolute atomic E-state index is 0.0244. The molecule has 1 saturated heterocycles. The van der Waals surface area contributed by atoms with Crippen molar-refractivity contribution in [3.63, 3.8) is 0 Å². The number of aromatic nitrogens is 4. The summed E-state index contributed by atoms with van der Waals surface area (Å²) in [7, 11) is 1.89. The van der Waals surface area contributed by atoms with Crippen LogP contribution in [0.15, 0.2) is 18.2 Å². The number of aryl methyl sites for hydroxylation is 2. The Bertz CT molecular complexity index is 1140. The number of morpholine rings is 1. The fraction of sp³-hybridized carbons (Fsp3) is 0.500. The molecule has 2 N–H and O–H groups in total. The van der Waals surface area contributed by atoms with E-state index in [0.717, 1.165) is 68.0 Å². The molecule has 4 rings (SSSR count). The number of amides is 1. The van der Waals surface area contributed by atoms with E-state index in [4.69, 9.17) is 9.47 Å². The number of benzene rings is 1. The summed E-state index contributed by atoms with van der Waals surface area (Å²) in [6.07, 6.45) is 0.923. The van der Waals surface area contributed by atoms with Gasteiger partial charge in [0.05, 0.1) is 13.2 Å². The number of H-pyrrole nitrogens is 1. The van der Waals surface area contributed by atoms with Crippen LogP contribution < -0.4 is 15.0 Å². The number of hydrogen-bond acceptors (Lipinski definition) is 8. The Balaban J connectivity index is 1.51. The molecule has 182 valence electrons. The van der Waals surface area contributed by atoms with E-state index in [1.807, 2.05) is 37.1 Å². The Morgan fingerprint density at radius 2 is 2.03 bits per heavy atom. The van der Waals surface area contributed by atoms with Gasteiger partial charge in [-0.2, -0.15) is 15.0 Å². The first-order valence-corrected chi connectivity index (χ1v) is 11.7. The van der Waals surface area contributed by atoms with Crippen LogP contribution in [0.1, 0.15) is 35.2 Å². The first kappa shape index (κ1) is 23.9. The standard InChI is InChI=1S/C24H33N7O3/c1-5-8-30(4)23-27-21(28-24(29-23)34-14-11-31-9-12-33-13-10-31)22(32)26-18-6-7-20-19(15-18)16(2)17(3)25-20/h6-7,15,25H,5,8-14H2,1-4H3,(H,26,32). The molecule has 34 heavy (non-hydrogen) atoms. The van der Waals surface area contributed by atoms with E-state index in [1.54, 1.807) is 0 Å². The van der Waals surface area contributed by atoms with Gasteiger partial charge in [0.15, 0.2) is 0 Å². The van der Waals surface area contributed by atoms with Crippen molar-refractivity contribution in [2.75, 3.05) is 63.3 Å². The minimum Gasteiger partial charge on any atom is -0.462 e. The lowest BCUT2D eigenvalue weighted by atomic mass is 10.1. The van der Waals surface area contributed by atoms with Gasteiger partial charge < -0.3 is 24.7 Å². The lowest BCUT2D eigenvalue weighted by Gasteiger charge is -2.26. The molecule has 3 heterocycles. The van der Waals surface area contributed by atoms with Gasteiger partial charge in [-0.3, -0.25) is 9.69 Å². The summed E-state index contributed by atoms with van der Waals surface area (Å²) in [4.78, 5) is 33.7. The summed E-state index contributed by atoms with van der Waals surface area (Å²) in [5.41, 5.74) is 3.98. The van der Waals surface area contributed by atoms with E-state index < -0.39 is 5.91 Å². The van der Waals surface area contributed by atoms with Crippen molar-refractivity contribution >= 4 is 28.4 Å². The molecule has 10 heteroatoms. The molecule has 0 aliphatic carbocycles. The average Bonchev–Trinajstić information content (AvgIpc) is 3.12. The largest absolute Gasteiger partial charge is 0.462 e.